The first-order chi connectivity index (χ1) is 11.3. The molecule has 0 amide bonds. The molecule has 2 rings (SSSR count). The molecule has 0 atom stereocenters. The molecule has 0 saturated carbocycles. The normalized spacial score (nSPS) is 13.6. The van der Waals surface area contributed by atoms with Gasteiger partial charge in [-0.1, -0.05) is 11.6 Å². The molecule has 1 aliphatic carbocycles. The molecule has 0 bridgehead atoms. The fourth-order valence-corrected chi connectivity index (χ4v) is 2.63. The van der Waals surface area contributed by atoms with Crippen LogP contribution in [0, 0.1) is 22.7 Å². The standard InChI is InChI=1S/C16H21N7/c17-7-10-23(11-8-18)16-14(19)15(21-12-22-16)20-9-6-13-4-2-1-3-5-13/h4,12H,1-3,5-6,9-11,19H2,(H,20,21,22). The second kappa shape index (κ2) is 8.60. The van der Waals surface area contributed by atoms with Crippen molar-refractivity contribution in [1.82, 2.24) is 9.97 Å². The molecule has 120 valence electrons. The molecule has 0 unspecified atom stereocenters. The van der Waals surface area contributed by atoms with Gasteiger partial charge in [0, 0.05) is 6.54 Å². The Morgan fingerprint density at radius 1 is 1.22 bits per heavy atom. The zero-order valence-corrected chi connectivity index (χ0v) is 13.1. The molecule has 0 aromatic carbocycles. The van der Waals surface area contributed by atoms with Gasteiger partial charge in [0.1, 0.15) is 25.1 Å². The van der Waals surface area contributed by atoms with Crippen LogP contribution in [0.25, 0.3) is 0 Å². The van der Waals surface area contributed by atoms with E-state index in [1.54, 1.807) is 0 Å². The summed E-state index contributed by atoms with van der Waals surface area (Å²) in [7, 11) is 0. The predicted molar refractivity (Wildman–Crippen MR) is 89.5 cm³/mol. The Balaban J connectivity index is 2.02. The maximum Gasteiger partial charge on any atom is 0.159 e. The molecule has 0 saturated heterocycles. The van der Waals surface area contributed by atoms with Crippen molar-refractivity contribution in [3.05, 3.63) is 18.0 Å². The van der Waals surface area contributed by atoms with Crippen LogP contribution in [0.3, 0.4) is 0 Å². The lowest BCUT2D eigenvalue weighted by Gasteiger charge is -2.20. The van der Waals surface area contributed by atoms with E-state index in [0.29, 0.717) is 17.3 Å². The molecule has 1 aromatic heterocycles. The number of nitrogens with one attached hydrogen (secondary N) is 1. The SMILES string of the molecule is N#CCN(CC#N)c1ncnc(NCCC2=CCCCC2)c1N. The Morgan fingerprint density at radius 2 is 2.00 bits per heavy atom. The molecular weight excluding hydrogens is 290 g/mol. The van der Waals surface area contributed by atoms with Crippen LogP contribution in [0.2, 0.25) is 0 Å². The summed E-state index contributed by atoms with van der Waals surface area (Å²) in [4.78, 5) is 9.81. The minimum atomic E-state index is 0.0566. The third-order valence-corrected chi connectivity index (χ3v) is 3.81. The number of hydrogen-bond acceptors (Lipinski definition) is 7. The first-order valence-corrected chi connectivity index (χ1v) is 7.77. The minimum Gasteiger partial charge on any atom is -0.393 e. The van der Waals surface area contributed by atoms with Crippen molar-refractivity contribution in [1.29, 1.82) is 10.5 Å². The summed E-state index contributed by atoms with van der Waals surface area (Å²) in [6.07, 6.45) is 9.59. The highest BCUT2D eigenvalue weighted by molar-refractivity contribution is 5.75. The van der Waals surface area contributed by atoms with E-state index in [0.717, 1.165) is 13.0 Å². The third-order valence-electron chi connectivity index (χ3n) is 3.81. The molecule has 0 radical (unpaired) electrons. The van der Waals surface area contributed by atoms with Crippen molar-refractivity contribution in [2.24, 2.45) is 0 Å². The van der Waals surface area contributed by atoms with Crippen molar-refractivity contribution < 1.29 is 0 Å². The maximum absolute atomic E-state index is 8.86. The zero-order chi connectivity index (χ0) is 16.5. The number of rotatable bonds is 7. The maximum atomic E-state index is 8.86. The molecule has 23 heavy (non-hydrogen) atoms. The van der Waals surface area contributed by atoms with Crippen LogP contribution >= 0.6 is 0 Å². The quantitative estimate of drug-likeness (QED) is 0.586. The van der Waals surface area contributed by atoms with Gasteiger partial charge in [-0.05, 0) is 32.1 Å². The van der Waals surface area contributed by atoms with E-state index in [9.17, 15) is 0 Å². The van der Waals surface area contributed by atoms with Gasteiger partial charge in [0.2, 0.25) is 0 Å². The highest BCUT2D eigenvalue weighted by Crippen LogP contribution is 2.26. The van der Waals surface area contributed by atoms with Crippen LogP contribution in [0.4, 0.5) is 17.3 Å². The Bertz CT molecular complexity index is 623. The lowest BCUT2D eigenvalue weighted by molar-refractivity contribution is 0.679. The second-order valence-corrected chi connectivity index (χ2v) is 5.42. The summed E-state index contributed by atoms with van der Waals surface area (Å²) in [5.74, 6) is 0.967. The van der Waals surface area contributed by atoms with Gasteiger partial charge in [-0.15, -0.1) is 0 Å². The highest BCUT2D eigenvalue weighted by atomic mass is 15.2. The third kappa shape index (κ3) is 4.58. The smallest absolute Gasteiger partial charge is 0.159 e. The van der Waals surface area contributed by atoms with Crippen molar-refractivity contribution in [2.75, 3.05) is 35.6 Å². The number of nitrogens with two attached hydrogens (primary N) is 1. The topological polar surface area (TPSA) is 115 Å². The number of aromatic nitrogens is 2. The van der Waals surface area contributed by atoms with Gasteiger partial charge < -0.3 is 16.0 Å². The summed E-state index contributed by atoms with van der Waals surface area (Å²) in [6.45, 7) is 0.866. The summed E-state index contributed by atoms with van der Waals surface area (Å²) in [6, 6.07) is 4.03. The van der Waals surface area contributed by atoms with Gasteiger partial charge in [-0.25, -0.2) is 9.97 Å². The van der Waals surface area contributed by atoms with E-state index >= 15 is 0 Å². The number of hydrogen-bond donors (Lipinski definition) is 2. The van der Waals surface area contributed by atoms with Crippen molar-refractivity contribution in [3.8, 4) is 12.1 Å². The van der Waals surface area contributed by atoms with Crippen LogP contribution in [-0.4, -0.2) is 29.6 Å². The van der Waals surface area contributed by atoms with Crippen LogP contribution in [0.15, 0.2) is 18.0 Å². The summed E-state index contributed by atoms with van der Waals surface area (Å²) >= 11 is 0. The highest BCUT2D eigenvalue weighted by Gasteiger charge is 2.14. The van der Waals surface area contributed by atoms with Crippen LogP contribution in [0.1, 0.15) is 32.1 Å². The molecule has 0 aliphatic heterocycles. The van der Waals surface area contributed by atoms with Gasteiger partial charge in [-0.2, -0.15) is 10.5 Å². The van der Waals surface area contributed by atoms with E-state index < -0.39 is 0 Å². The number of anilines is 3. The van der Waals surface area contributed by atoms with Gasteiger partial charge in [0.15, 0.2) is 11.6 Å². The van der Waals surface area contributed by atoms with Crippen LogP contribution in [-0.2, 0) is 0 Å². The molecule has 0 spiro atoms. The van der Waals surface area contributed by atoms with Gasteiger partial charge in [-0.3, -0.25) is 0 Å². The van der Waals surface area contributed by atoms with E-state index in [1.807, 2.05) is 12.1 Å². The van der Waals surface area contributed by atoms with E-state index in [-0.39, 0.29) is 13.1 Å². The van der Waals surface area contributed by atoms with Crippen LogP contribution in [0.5, 0.6) is 0 Å². The fourth-order valence-electron chi connectivity index (χ4n) is 2.63. The van der Waals surface area contributed by atoms with Gasteiger partial charge in [0.25, 0.3) is 0 Å². The molecule has 1 aliphatic rings. The number of allylic oxidation sites excluding steroid dienone is 1. The Kier molecular flexibility index (Phi) is 6.19. The molecular formula is C16H21N7. The van der Waals surface area contributed by atoms with Crippen molar-refractivity contribution >= 4 is 17.3 Å². The number of nitrogens with zero attached hydrogens (tertiary/aromatic N) is 5. The molecule has 1 heterocycles. The lowest BCUT2D eigenvalue weighted by Crippen LogP contribution is -2.26. The zero-order valence-electron chi connectivity index (χ0n) is 13.1. The largest absolute Gasteiger partial charge is 0.393 e. The lowest BCUT2D eigenvalue weighted by atomic mass is 9.97. The average Bonchev–Trinajstić information content (AvgIpc) is 2.57. The fraction of sp³-hybridized carbons (Fsp3) is 0.500. The Labute approximate surface area is 136 Å². The van der Waals surface area contributed by atoms with Crippen molar-refractivity contribution in [2.45, 2.75) is 32.1 Å². The average molecular weight is 311 g/mol. The van der Waals surface area contributed by atoms with E-state index in [4.69, 9.17) is 16.3 Å². The predicted octanol–water partition coefficient (Wildman–Crippen LogP) is 2.21. The van der Waals surface area contributed by atoms with E-state index in [1.165, 1.54) is 42.5 Å². The Morgan fingerprint density at radius 3 is 2.65 bits per heavy atom. The summed E-state index contributed by atoms with van der Waals surface area (Å²) in [5.41, 5.74) is 7.95. The minimum absolute atomic E-state index is 0.0566. The number of nitriles is 2. The first-order valence-electron chi connectivity index (χ1n) is 7.77. The Hall–Kier alpha value is -2.80. The number of nitrogen functional groups attached to an aromatic ring is 1. The molecule has 1 aromatic rings. The molecule has 3 N–H and O–H groups in total. The molecule has 7 nitrogen and oxygen atoms in total. The monoisotopic (exact) mass is 311 g/mol. The molecule has 0 fully saturated rings. The summed E-state index contributed by atoms with van der Waals surface area (Å²) < 4.78 is 0. The first kappa shape index (κ1) is 16.6. The van der Waals surface area contributed by atoms with Gasteiger partial charge >= 0.3 is 0 Å². The van der Waals surface area contributed by atoms with Crippen LogP contribution < -0.4 is 16.0 Å². The van der Waals surface area contributed by atoms with Gasteiger partial charge in [0.05, 0.1) is 12.1 Å². The van der Waals surface area contributed by atoms with E-state index in [2.05, 4.69) is 21.4 Å². The second-order valence-electron chi connectivity index (χ2n) is 5.42. The summed E-state index contributed by atoms with van der Waals surface area (Å²) in [5, 5.41) is 21.0. The molecule has 7 heteroatoms. The van der Waals surface area contributed by atoms with Crippen molar-refractivity contribution in [3.63, 3.8) is 0 Å².